The van der Waals surface area contributed by atoms with Crippen molar-refractivity contribution < 1.29 is 9.59 Å². The minimum absolute atomic E-state index is 0.178. The monoisotopic (exact) mass is 355 g/mol. The fourth-order valence-corrected chi connectivity index (χ4v) is 4.82. The van der Waals surface area contributed by atoms with Crippen molar-refractivity contribution >= 4 is 11.8 Å². The van der Waals surface area contributed by atoms with Crippen molar-refractivity contribution in [3.63, 3.8) is 0 Å². The van der Waals surface area contributed by atoms with Crippen LogP contribution in [0.15, 0.2) is 24.5 Å². The molecule has 5 nitrogen and oxygen atoms in total. The Kier molecular flexibility index (Phi) is 5.23. The van der Waals surface area contributed by atoms with Crippen LogP contribution in [0.2, 0.25) is 0 Å². The molecule has 140 valence electrons. The lowest BCUT2D eigenvalue weighted by Crippen LogP contribution is -2.36. The van der Waals surface area contributed by atoms with Crippen molar-refractivity contribution in [1.29, 1.82) is 0 Å². The zero-order chi connectivity index (χ0) is 17.9. The first-order valence-electron chi connectivity index (χ1n) is 10.2. The number of nitrogens with one attached hydrogen (secondary N) is 2. The van der Waals surface area contributed by atoms with E-state index in [0.717, 1.165) is 51.4 Å². The lowest BCUT2D eigenvalue weighted by Gasteiger charge is -2.17. The van der Waals surface area contributed by atoms with Crippen LogP contribution in [0.3, 0.4) is 0 Å². The molecule has 1 heterocycles. The van der Waals surface area contributed by atoms with Crippen LogP contribution >= 0.6 is 0 Å². The lowest BCUT2D eigenvalue weighted by molar-refractivity contribution is -0.123. The van der Waals surface area contributed by atoms with E-state index in [4.69, 9.17) is 0 Å². The molecule has 2 unspecified atom stereocenters. The third-order valence-corrected chi connectivity index (χ3v) is 6.27. The van der Waals surface area contributed by atoms with Crippen molar-refractivity contribution in [1.82, 2.24) is 15.6 Å². The summed E-state index contributed by atoms with van der Waals surface area (Å²) in [4.78, 5) is 28.2. The Hall–Kier alpha value is -1.91. The van der Waals surface area contributed by atoms with E-state index in [0.29, 0.717) is 36.3 Å². The van der Waals surface area contributed by atoms with Crippen LogP contribution in [0, 0.1) is 17.8 Å². The predicted molar refractivity (Wildman–Crippen MR) is 99.2 cm³/mol. The van der Waals surface area contributed by atoms with Gasteiger partial charge in [-0.05, 0) is 74.8 Å². The Labute approximate surface area is 155 Å². The molecule has 4 atom stereocenters. The molecular weight excluding hydrogens is 326 g/mol. The van der Waals surface area contributed by atoms with E-state index >= 15 is 0 Å². The van der Waals surface area contributed by atoms with Crippen molar-refractivity contribution in [3.05, 3.63) is 30.1 Å². The Morgan fingerprint density at radius 2 is 1.73 bits per heavy atom. The van der Waals surface area contributed by atoms with Gasteiger partial charge in [0, 0.05) is 36.8 Å². The molecule has 3 aliphatic rings. The molecular formula is C21H29N3O2. The Balaban J connectivity index is 1.14. The Bertz CT molecular complexity index is 630. The van der Waals surface area contributed by atoms with Crippen LogP contribution in [0.4, 0.5) is 0 Å². The normalized spacial score (nSPS) is 30.0. The summed E-state index contributed by atoms with van der Waals surface area (Å²) in [6.07, 6.45) is 12.5. The molecule has 0 spiro atoms. The third-order valence-electron chi connectivity index (χ3n) is 6.27. The first-order chi connectivity index (χ1) is 12.7. The van der Waals surface area contributed by atoms with Gasteiger partial charge in [-0.3, -0.25) is 14.6 Å². The number of rotatable bonds is 7. The Morgan fingerprint density at radius 1 is 1.04 bits per heavy atom. The van der Waals surface area contributed by atoms with Gasteiger partial charge >= 0.3 is 0 Å². The molecule has 1 aromatic rings. The molecule has 26 heavy (non-hydrogen) atoms. The highest BCUT2D eigenvalue weighted by atomic mass is 16.2. The van der Waals surface area contributed by atoms with Gasteiger partial charge < -0.3 is 10.6 Å². The number of hydrogen-bond donors (Lipinski definition) is 2. The van der Waals surface area contributed by atoms with Gasteiger partial charge in [-0.2, -0.15) is 0 Å². The summed E-state index contributed by atoms with van der Waals surface area (Å²) >= 11 is 0. The summed E-state index contributed by atoms with van der Waals surface area (Å²) in [5.74, 6) is 2.08. The molecule has 3 fully saturated rings. The Morgan fingerprint density at radius 3 is 2.35 bits per heavy atom. The average molecular weight is 355 g/mol. The average Bonchev–Trinajstić information content (AvgIpc) is 3.32. The highest BCUT2D eigenvalue weighted by Gasteiger charge is 2.43. The van der Waals surface area contributed by atoms with Gasteiger partial charge in [-0.15, -0.1) is 0 Å². The largest absolute Gasteiger partial charge is 0.353 e. The first kappa shape index (κ1) is 17.5. The molecule has 3 saturated carbocycles. The van der Waals surface area contributed by atoms with E-state index in [9.17, 15) is 9.59 Å². The van der Waals surface area contributed by atoms with Gasteiger partial charge in [0.05, 0.1) is 0 Å². The minimum atomic E-state index is 0.178. The van der Waals surface area contributed by atoms with Crippen molar-refractivity contribution in [2.24, 2.45) is 17.8 Å². The maximum absolute atomic E-state index is 12.2. The maximum atomic E-state index is 12.2. The predicted octanol–water partition coefficient (Wildman–Crippen LogP) is 2.60. The topological polar surface area (TPSA) is 71.1 Å². The quantitative estimate of drug-likeness (QED) is 0.790. The van der Waals surface area contributed by atoms with E-state index in [1.807, 2.05) is 12.3 Å². The number of aryl methyl sites for hydroxylation is 1. The molecule has 2 amide bonds. The van der Waals surface area contributed by atoms with Crippen LogP contribution in [0.5, 0.6) is 0 Å². The minimum Gasteiger partial charge on any atom is -0.353 e. The first-order valence-corrected chi connectivity index (χ1v) is 10.2. The second-order valence-corrected chi connectivity index (χ2v) is 8.42. The number of pyridine rings is 1. The molecule has 1 aromatic heterocycles. The molecule has 0 aliphatic heterocycles. The van der Waals surface area contributed by atoms with Gasteiger partial charge in [0.25, 0.3) is 0 Å². The summed E-state index contributed by atoms with van der Waals surface area (Å²) in [5.41, 5.74) is 1.19. The zero-order valence-electron chi connectivity index (χ0n) is 15.3. The van der Waals surface area contributed by atoms with Crippen LogP contribution < -0.4 is 10.6 Å². The summed E-state index contributed by atoms with van der Waals surface area (Å²) in [6, 6.07) is 4.69. The zero-order valence-corrected chi connectivity index (χ0v) is 15.3. The number of fused-ring (bicyclic) bond motifs is 1. The van der Waals surface area contributed by atoms with Crippen molar-refractivity contribution in [2.45, 2.75) is 69.9 Å². The molecule has 0 bridgehead atoms. The number of amides is 2. The van der Waals surface area contributed by atoms with E-state index in [2.05, 4.69) is 21.7 Å². The molecule has 0 radical (unpaired) electrons. The van der Waals surface area contributed by atoms with E-state index in [1.165, 1.54) is 5.56 Å². The van der Waals surface area contributed by atoms with Crippen LogP contribution in [0.25, 0.3) is 0 Å². The SMILES string of the molecule is O=C(CCCc1cccnc1)NC1C[C@@H]2CC(NC(=O)C3CC3)C[C@@H]2C1. The molecule has 3 aliphatic carbocycles. The number of hydrogen-bond acceptors (Lipinski definition) is 3. The second kappa shape index (κ2) is 7.77. The fourth-order valence-electron chi connectivity index (χ4n) is 4.82. The molecule has 2 N–H and O–H groups in total. The second-order valence-electron chi connectivity index (χ2n) is 8.42. The summed E-state index contributed by atoms with van der Waals surface area (Å²) in [7, 11) is 0. The molecule has 5 heteroatoms. The number of nitrogens with zero attached hydrogens (tertiary/aromatic N) is 1. The third kappa shape index (κ3) is 4.43. The van der Waals surface area contributed by atoms with Gasteiger partial charge in [0.2, 0.25) is 11.8 Å². The van der Waals surface area contributed by atoms with Gasteiger partial charge in [-0.25, -0.2) is 0 Å². The summed E-state index contributed by atoms with van der Waals surface area (Å²) < 4.78 is 0. The molecule has 0 saturated heterocycles. The fraction of sp³-hybridized carbons (Fsp3) is 0.667. The number of carbonyl (C=O) groups is 2. The highest BCUT2D eigenvalue weighted by Crippen LogP contribution is 2.44. The van der Waals surface area contributed by atoms with Crippen LogP contribution in [-0.4, -0.2) is 28.9 Å². The van der Waals surface area contributed by atoms with Crippen LogP contribution in [0.1, 0.15) is 56.9 Å². The van der Waals surface area contributed by atoms with Gasteiger partial charge in [0.1, 0.15) is 0 Å². The van der Waals surface area contributed by atoms with Gasteiger partial charge in [-0.1, -0.05) is 6.07 Å². The molecule has 0 aromatic carbocycles. The van der Waals surface area contributed by atoms with E-state index in [-0.39, 0.29) is 11.8 Å². The maximum Gasteiger partial charge on any atom is 0.223 e. The van der Waals surface area contributed by atoms with Crippen molar-refractivity contribution in [2.75, 3.05) is 0 Å². The van der Waals surface area contributed by atoms with E-state index < -0.39 is 0 Å². The van der Waals surface area contributed by atoms with Gasteiger partial charge in [0.15, 0.2) is 0 Å². The van der Waals surface area contributed by atoms with Crippen LogP contribution in [-0.2, 0) is 16.0 Å². The number of carbonyl (C=O) groups excluding carboxylic acids is 2. The molecule has 4 rings (SSSR count). The number of aromatic nitrogens is 1. The summed E-state index contributed by atoms with van der Waals surface area (Å²) in [5, 5.41) is 6.47. The summed E-state index contributed by atoms with van der Waals surface area (Å²) in [6.45, 7) is 0. The highest BCUT2D eigenvalue weighted by molar-refractivity contribution is 5.81. The lowest BCUT2D eigenvalue weighted by atomic mass is 10.0. The standard InChI is InChI=1S/C21H29N3O2/c25-20(5-1-3-14-4-2-8-22-13-14)23-18-9-16-11-19(12-17(16)10-18)24-21(26)15-6-7-15/h2,4,8,13,15-19H,1,3,5-7,9-12H2,(H,23,25)(H,24,26)/t16-,17+,18?,19?. The van der Waals surface area contributed by atoms with E-state index in [1.54, 1.807) is 6.20 Å². The smallest absolute Gasteiger partial charge is 0.223 e. The van der Waals surface area contributed by atoms with Crippen molar-refractivity contribution in [3.8, 4) is 0 Å².